The van der Waals surface area contributed by atoms with Crippen LogP contribution in [0, 0.1) is 0 Å². The minimum Gasteiger partial charge on any atom is -0.480 e. The van der Waals surface area contributed by atoms with Crippen molar-refractivity contribution in [2.24, 2.45) is 0 Å². The normalized spacial score (nSPS) is 14.6. The maximum Gasteiger partial charge on any atom is 0.253 e. The minimum absolute atomic E-state index is 0.450. The van der Waals surface area contributed by atoms with Crippen molar-refractivity contribution in [2.75, 3.05) is 13.7 Å². The Bertz CT molecular complexity index is 551. The Morgan fingerprint density at radius 1 is 1.42 bits per heavy atom. The van der Waals surface area contributed by atoms with Crippen LogP contribution in [0.5, 0.6) is 5.88 Å². The van der Waals surface area contributed by atoms with Crippen LogP contribution >= 0.6 is 0 Å². The second kappa shape index (κ2) is 5.36. The van der Waals surface area contributed by atoms with Gasteiger partial charge in [0.25, 0.3) is 5.89 Å². The van der Waals surface area contributed by atoms with Gasteiger partial charge in [0.2, 0.25) is 11.8 Å². The lowest BCUT2D eigenvalue weighted by Crippen LogP contribution is -2.19. The smallest absolute Gasteiger partial charge is 0.253 e. The van der Waals surface area contributed by atoms with Crippen molar-refractivity contribution < 1.29 is 9.15 Å². The lowest BCUT2D eigenvalue weighted by molar-refractivity contribution is 0.397. The predicted octanol–water partition coefficient (Wildman–Crippen LogP) is 1.43. The third-order valence-corrected chi connectivity index (χ3v) is 3.01. The molecule has 19 heavy (non-hydrogen) atoms. The van der Waals surface area contributed by atoms with E-state index in [1.807, 2.05) is 12.1 Å². The molecule has 3 rings (SSSR count). The molecule has 0 radical (unpaired) electrons. The lowest BCUT2D eigenvalue weighted by Gasteiger charge is -2.02. The third-order valence-electron chi connectivity index (χ3n) is 3.01. The fraction of sp³-hybridized carbons (Fsp3) is 0.462. The first-order valence-corrected chi connectivity index (χ1v) is 6.42. The van der Waals surface area contributed by atoms with E-state index in [9.17, 15) is 0 Å². The number of rotatable bonds is 6. The zero-order chi connectivity index (χ0) is 13.1. The summed E-state index contributed by atoms with van der Waals surface area (Å²) in [7, 11) is 1.57. The molecular weight excluding hydrogens is 244 g/mol. The van der Waals surface area contributed by atoms with E-state index in [4.69, 9.17) is 9.15 Å². The molecule has 6 nitrogen and oxygen atoms in total. The molecule has 1 saturated carbocycles. The molecule has 0 amide bonds. The molecular formula is C13H16N4O2. The first-order valence-electron chi connectivity index (χ1n) is 6.42. The van der Waals surface area contributed by atoms with Crippen molar-refractivity contribution in [1.82, 2.24) is 20.5 Å². The number of aromatic nitrogens is 3. The van der Waals surface area contributed by atoms with Gasteiger partial charge in [-0.25, -0.2) is 4.98 Å². The van der Waals surface area contributed by atoms with E-state index in [0.717, 1.165) is 18.5 Å². The highest BCUT2D eigenvalue weighted by Crippen LogP contribution is 2.26. The molecule has 1 N–H and O–H groups in total. The summed E-state index contributed by atoms with van der Waals surface area (Å²) in [6, 6.07) is 4.36. The summed E-state index contributed by atoms with van der Waals surface area (Å²) in [5, 5.41) is 11.5. The van der Waals surface area contributed by atoms with Crippen LogP contribution in [0.4, 0.5) is 0 Å². The first kappa shape index (κ1) is 12.1. The summed E-state index contributed by atoms with van der Waals surface area (Å²) in [5.41, 5.74) is 0.721. The van der Waals surface area contributed by atoms with Crippen molar-refractivity contribution in [3.05, 3.63) is 24.2 Å². The van der Waals surface area contributed by atoms with Crippen LogP contribution in [-0.4, -0.2) is 34.9 Å². The van der Waals surface area contributed by atoms with Gasteiger partial charge in [0.05, 0.1) is 7.11 Å². The largest absolute Gasteiger partial charge is 0.480 e. The monoisotopic (exact) mass is 260 g/mol. The van der Waals surface area contributed by atoms with Gasteiger partial charge < -0.3 is 14.5 Å². The van der Waals surface area contributed by atoms with Gasteiger partial charge in [-0.1, -0.05) is 0 Å². The molecule has 0 saturated heterocycles. The fourth-order valence-electron chi connectivity index (χ4n) is 1.85. The number of hydrogen-bond acceptors (Lipinski definition) is 6. The van der Waals surface area contributed by atoms with Crippen molar-refractivity contribution in [3.8, 4) is 17.3 Å². The maximum absolute atomic E-state index is 5.63. The Hall–Kier alpha value is -1.95. The maximum atomic E-state index is 5.63. The Morgan fingerprint density at radius 2 is 2.32 bits per heavy atom. The Kier molecular flexibility index (Phi) is 3.41. The summed E-state index contributed by atoms with van der Waals surface area (Å²) in [5.74, 6) is 1.58. The van der Waals surface area contributed by atoms with Gasteiger partial charge in [-0.2, -0.15) is 0 Å². The summed E-state index contributed by atoms with van der Waals surface area (Å²) in [6.07, 6.45) is 4.97. The van der Waals surface area contributed by atoms with Crippen LogP contribution in [0.15, 0.2) is 22.7 Å². The van der Waals surface area contributed by atoms with Gasteiger partial charge in [0.1, 0.15) is 5.56 Å². The highest BCUT2D eigenvalue weighted by atomic mass is 16.5. The average molecular weight is 260 g/mol. The summed E-state index contributed by atoms with van der Waals surface area (Å²) in [4.78, 5) is 4.11. The number of hydrogen-bond donors (Lipinski definition) is 1. The first-order chi connectivity index (χ1) is 9.36. The summed E-state index contributed by atoms with van der Waals surface area (Å²) >= 11 is 0. The number of nitrogens with zero attached hydrogens (tertiary/aromatic N) is 3. The Balaban J connectivity index is 1.68. The fourth-order valence-corrected chi connectivity index (χ4v) is 1.85. The second-order valence-corrected chi connectivity index (χ2v) is 4.54. The molecule has 0 aliphatic heterocycles. The summed E-state index contributed by atoms with van der Waals surface area (Å²) in [6.45, 7) is 0.872. The van der Waals surface area contributed by atoms with Gasteiger partial charge in [-0.15, -0.1) is 10.2 Å². The predicted molar refractivity (Wildman–Crippen MR) is 68.8 cm³/mol. The molecule has 0 bridgehead atoms. The molecule has 1 aliphatic carbocycles. The molecule has 2 aromatic heterocycles. The number of methoxy groups -OCH3 is 1. The Labute approximate surface area is 111 Å². The molecule has 1 aliphatic rings. The zero-order valence-electron chi connectivity index (χ0n) is 10.8. The van der Waals surface area contributed by atoms with Gasteiger partial charge in [0, 0.05) is 25.2 Å². The standard InChI is InChI=1S/C13H16N4O2/c1-18-12-10(3-2-7-15-12)13-17-16-11(19-13)6-8-14-9-4-5-9/h2-3,7,9,14H,4-6,8H2,1H3. The van der Waals surface area contributed by atoms with Crippen LogP contribution in [0.1, 0.15) is 18.7 Å². The quantitative estimate of drug-likeness (QED) is 0.847. The van der Waals surface area contributed by atoms with Crippen LogP contribution in [-0.2, 0) is 6.42 Å². The van der Waals surface area contributed by atoms with E-state index in [-0.39, 0.29) is 0 Å². The number of pyridine rings is 1. The molecule has 100 valence electrons. The average Bonchev–Trinajstić information content (AvgIpc) is 3.15. The van der Waals surface area contributed by atoms with Crippen molar-refractivity contribution in [3.63, 3.8) is 0 Å². The molecule has 6 heteroatoms. The van der Waals surface area contributed by atoms with E-state index >= 15 is 0 Å². The van der Waals surface area contributed by atoms with E-state index in [0.29, 0.717) is 23.7 Å². The Morgan fingerprint density at radius 3 is 3.11 bits per heavy atom. The van der Waals surface area contributed by atoms with E-state index < -0.39 is 0 Å². The minimum atomic E-state index is 0.450. The van der Waals surface area contributed by atoms with Gasteiger partial charge in [-0.05, 0) is 25.0 Å². The lowest BCUT2D eigenvalue weighted by atomic mass is 10.3. The van der Waals surface area contributed by atoms with Crippen LogP contribution in [0.25, 0.3) is 11.5 Å². The molecule has 0 spiro atoms. The zero-order valence-corrected chi connectivity index (χ0v) is 10.8. The molecule has 0 aromatic carbocycles. The van der Waals surface area contributed by atoms with Crippen LogP contribution < -0.4 is 10.1 Å². The van der Waals surface area contributed by atoms with E-state index in [2.05, 4.69) is 20.5 Å². The molecule has 2 aromatic rings. The summed E-state index contributed by atoms with van der Waals surface area (Å²) < 4.78 is 10.8. The highest BCUT2D eigenvalue weighted by Gasteiger charge is 2.20. The van der Waals surface area contributed by atoms with E-state index in [1.54, 1.807) is 13.3 Å². The van der Waals surface area contributed by atoms with Crippen LogP contribution in [0.2, 0.25) is 0 Å². The molecule has 1 fully saturated rings. The van der Waals surface area contributed by atoms with Gasteiger partial charge in [0.15, 0.2) is 0 Å². The van der Waals surface area contributed by atoms with Gasteiger partial charge in [-0.3, -0.25) is 0 Å². The molecule has 0 atom stereocenters. The number of nitrogens with one attached hydrogen (secondary N) is 1. The van der Waals surface area contributed by atoms with Gasteiger partial charge >= 0.3 is 0 Å². The van der Waals surface area contributed by atoms with E-state index in [1.165, 1.54) is 12.8 Å². The van der Waals surface area contributed by atoms with Crippen molar-refractivity contribution >= 4 is 0 Å². The van der Waals surface area contributed by atoms with Crippen molar-refractivity contribution in [1.29, 1.82) is 0 Å². The van der Waals surface area contributed by atoms with Crippen molar-refractivity contribution in [2.45, 2.75) is 25.3 Å². The third kappa shape index (κ3) is 2.90. The SMILES string of the molecule is COc1ncccc1-c1nnc(CCNC2CC2)o1. The molecule has 0 unspecified atom stereocenters. The highest BCUT2D eigenvalue weighted by molar-refractivity contribution is 5.59. The topological polar surface area (TPSA) is 73.1 Å². The van der Waals surface area contributed by atoms with Crippen LogP contribution in [0.3, 0.4) is 0 Å². The number of ether oxygens (including phenoxy) is 1. The molecule has 2 heterocycles. The second-order valence-electron chi connectivity index (χ2n) is 4.54.